The standard InChI is InChI=1S/C12H20N2O2S2/c1-9-3-2-4-10(7-9)14-18(15,16)12-5-6-17-11(12)8-13/h5-6,9-10,14H,2-4,7-8,13H2,1H3. The molecule has 3 N–H and O–H groups in total. The monoisotopic (exact) mass is 288 g/mol. The van der Waals surface area contributed by atoms with Gasteiger partial charge >= 0.3 is 0 Å². The van der Waals surface area contributed by atoms with Gasteiger partial charge < -0.3 is 5.73 Å². The summed E-state index contributed by atoms with van der Waals surface area (Å²) in [5.74, 6) is 0.600. The van der Waals surface area contributed by atoms with Crippen molar-refractivity contribution >= 4 is 21.4 Å². The van der Waals surface area contributed by atoms with Crippen molar-refractivity contribution < 1.29 is 8.42 Å². The third-order valence-corrected chi connectivity index (χ3v) is 6.12. The lowest BCUT2D eigenvalue weighted by molar-refractivity contribution is 0.327. The Labute approximate surface area is 113 Å². The van der Waals surface area contributed by atoms with Gasteiger partial charge in [-0.25, -0.2) is 13.1 Å². The average Bonchev–Trinajstić information content (AvgIpc) is 2.77. The number of nitrogens with two attached hydrogens (primary N) is 1. The molecule has 1 fully saturated rings. The fraction of sp³-hybridized carbons (Fsp3) is 0.667. The van der Waals surface area contributed by atoms with E-state index < -0.39 is 10.0 Å². The molecule has 1 aliphatic rings. The third-order valence-electron chi connectivity index (χ3n) is 3.44. The van der Waals surface area contributed by atoms with Crippen molar-refractivity contribution in [3.8, 4) is 0 Å². The van der Waals surface area contributed by atoms with Crippen molar-refractivity contribution in [3.05, 3.63) is 16.3 Å². The summed E-state index contributed by atoms with van der Waals surface area (Å²) in [7, 11) is -3.40. The maximum absolute atomic E-state index is 12.3. The molecule has 102 valence electrons. The molecule has 6 heteroatoms. The molecule has 1 heterocycles. The fourth-order valence-electron chi connectivity index (χ4n) is 2.54. The van der Waals surface area contributed by atoms with Crippen LogP contribution in [-0.2, 0) is 16.6 Å². The van der Waals surface area contributed by atoms with Crippen LogP contribution in [0.5, 0.6) is 0 Å². The molecule has 1 aromatic heterocycles. The van der Waals surface area contributed by atoms with Crippen molar-refractivity contribution in [1.82, 2.24) is 4.72 Å². The molecular weight excluding hydrogens is 268 g/mol. The number of hydrogen-bond donors (Lipinski definition) is 2. The first-order valence-corrected chi connectivity index (χ1v) is 8.68. The van der Waals surface area contributed by atoms with Crippen LogP contribution >= 0.6 is 11.3 Å². The number of hydrogen-bond acceptors (Lipinski definition) is 4. The van der Waals surface area contributed by atoms with E-state index in [0.717, 1.165) is 24.1 Å². The molecule has 4 nitrogen and oxygen atoms in total. The summed E-state index contributed by atoms with van der Waals surface area (Å²) in [6.45, 7) is 2.45. The summed E-state index contributed by atoms with van der Waals surface area (Å²) >= 11 is 1.39. The zero-order valence-corrected chi connectivity index (χ0v) is 12.2. The van der Waals surface area contributed by atoms with Crippen LogP contribution in [0.4, 0.5) is 0 Å². The second kappa shape index (κ2) is 5.69. The predicted octanol–water partition coefficient (Wildman–Crippen LogP) is 2.06. The molecule has 0 spiro atoms. The maximum Gasteiger partial charge on any atom is 0.241 e. The Bertz CT molecular complexity index is 496. The Morgan fingerprint density at radius 1 is 1.50 bits per heavy atom. The van der Waals surface area contributed by atoms with Gasteiger partial charge in [-0.05, 0) is 30.2 Å². The number of sulfonamides is 1. The molecule has 1 saturated carbocycles. The third kappa shape index (κ3) is 3.12. The second-order valence-electron chi connectivity index (χ2n) is 5.00. The van der Waals surface area contributed by atoms with Crippen LogP contribution in [0.2, 0.25) is 0 Å². The van der Waals surface area contributed by atoms with Gasteiger partial charge in [-0.3, -0.25) is 0 Å². The molecule has 0 aliphatic heterocycles. The van der Waals surface area contributed by atoms with E-state index in [0.29, 0.717) is 10.8 Å². The minimum atomic E-state index is -3.40. The summed E-state index contributed by atoms with van der Waals surface area (Å²) in [4.78, 5) is 1.08. The van der Waals surface area contributed by atoms with E-state index in [-0.39, 0.29) is 12.6 Å². The van der Waals surface area contributed by atoms with Crippen LogP contribution in [0.15, 0.2) is 16.3 Å². The van der Waals surface area contributed by atoms with Gasteiger partial charge in [-0.1, -0.05) is 19.8 Å². The molecular formula is C12H20N2O2S2. The smallest absolute Gasteiger partial charge is 0.241 e. The highest BCUT2D eigenvalue weighted by Crippen LogP contribution is 2.26. The first kappa shape index (κ1) is 14.0. The molecule has 0 bridgehead atoms. The van der Waals surface area contributed by atoms with E-state index in [1.807, 2.05) is 0 Å². The number of nitrogens with one attached hydrogen (secondary N) is 1. The molecule has 2 rings (SSSR count). The largest absolute Gasteiger partial charge is 0.326 e. The minimum absolute atomic E-state index is 0.0734. The molecule has 1 aromatic rings. The molecule has 18 heavy (non-hydrogen) atoms. The molecule has 1 aliphatic carbocycles. The van der Waals surface area contributed by atoms with E-state index >= 15 is 0 Å². The van der Waals surface area contributed by atoms with Crippen molar-refractivity contribution in [1.29, 1.82) is 0 Å². The zero-order chi connectivity index (χ0) is 13.2. The molecule has 0 aromatic carbocycles. The van der Waals surface area contributed by atoms with Gasteiger partial charge in [-0.2, -0.15) is 0 Å². The highest BCUT2D eigenvalue weighted by atomic mass is 32.2. The summed E-state index contributed by atoms with van der Waals surface area (Å²) in [6, 6.07) is 1.71. The Morgan fingerprint density at radius 3 is 2.94 bits per heavy atom. The Kier molecular flexibility index (Phi) is 4.42. The van der Waals surface area contributed by atoms with Crippen molar-refractivity contribution in [2.75, 3.05) is 0 Å². The van der Waals surface area contributed by atoms with Crippen molar-refractivity contribution in [2.45, 2.75) is 50.1 Å². The van der Waals surface area contributed by atoms with Crippen LogP contribution in [0.1, 0.15) is 37.5 Å². The number of thiophene rings is 1. The molecule has 0 amide bonds. The van der Waals surface area contributed by atoms with Gasteiger partial charge in [0.05, 0.1) is 4.90 Å². The minimum Gasteiger partial charge on any atom is -0.326 e. The molecule has 0 saturated heterocycles. The normalized spacial score (nSPS) is 25.2. The van der Waals surface area contributed by atoms with Gasteiger partial charge in [0.15, 0.2) is 0 Å². The van der Waals surface area contributed by atoms with E-state index in [2.05, 4.69) is 11.6 Å². The van der Waals surface area contributed by atoms with Crippen molar-refractivity contribution in [2.24, 2.45) is 11.7 Å². The van der Waals surface area contributed by atoms with Gasteiger partial charge in [0.25, 0.3) is 0 Å². The zero-order valence-electron chi connectivity index (χ0n) is 10.6. The topological polar surface area (TPSA) is 72.2 Å². The first-order valence-electron chi connectivity index (χ1n) is 6.31. The van der Waals surface area contributed by atoms with E-state index in [1.54, 1.807) is 11.4 Å². The van der Waals surface area contributed by atoms with E-state index in [1.165, 1.54) is 17.8 Å². The van der Waals surface area contributed by atoms with Gasteiger partial charge in [0.2, 0.25) is 10.0 Å². The second-order valence-corrected chi connectivity index (χ2v) is 7.69. The summed E-state index contributed by atoms with van der Waals surface area (Å²) < 4.78 is 27.4. The number of rotatable bonds is 4. The predicted molar refractivity (Wildman–Crippen MR) is 74.0 cm³/mol. The van der Waals surface area contributed by atoms with Crippen LogP contribution < -0.4 is 10.5 Å². The fourth-order valence-corrected chi connectivity index (χ4v) is 5.16. The van der Waals surface area contributed by atoms with Crippen LogP contribution in [0.25, 0.3) is 0 Å². The van der Waals surface area contributed by atoms with Gasteiger partial charge in [0.1, 0.15) is 0 Å². The van der Waals surface area contributed by atoms with Gasteiger partial charge in [0, 0.05) is 17.5 Å². The SMILES string of the molecule is CC1CCCC(NS(=O)(=O)c2ccsc2CN)C1. The van der Waals surface area contributed by atoms with E-state index in [9.17, 15) is 8.42 Å². The quantitative estimate of drug-likeness (QED) is 0.891. The average molecular weight is 288 g/mol. The van der Waals surface area contributed by atoms with Crippen LogP contribution in [0, 0.1) is 5.92 Å². The van der Waals surface area contributed by atoms with Gasteiger partial charge in [-0.15, -0.1) is 11.3 Å². The van der Waals surface area contributed by atoms with E-state index in [4.69, 9.17) is 5.73 Å². The lowest BCUT2D eigenvalue weighted by Gasteiger charge is -2.27. The Hall–Kier alpha value is -0.430. The molecule has 2 unspecified atom stereocenters. The highest BCUT2D eigenvalue weighted by Gasteiger charge is 2.26. The lowest BCUT2D eigenvalue weighted by atomic mass is 9.88. The van der Waals surface area contributed by atoms with Crippen LogP contribution in [0.3, 0.4) is 0 Å². The van der Waals surface area contributed by atoms with Crippen molar-refractivity contribution in [3.63, 3.8) is 0 Å². The lowest BCUT2D eigenvalue weighted by Crippen LogP contribution is -2.38. The first-order chi connectivity index (χ1) is 8.53. The molecule has 2 atom stereocenters. The Morgan fingerprint density at radius 2 is 2.28 bits per heavy atom. The Balaban J connectivity index is 2.12. The maximum atomic E-state index is 12.3. The molecule has 0 radical (unpaired) electrons. The highest BCUT2D eigenvalue weighted by molar-refractivity contribution is 7.89. The summed E-state index contributed by atoms with van der Waals surface area (Å²) in [5.41, 5.74) is 5.57. The summed E-state index contributed by atoms with van der Waals surface area (Å²) in [5, 5.41) is 1.78. The van der Waals surface area contributed by atoms with Crippen LogP contribution in [-0.4, -0.2) is 14.5 Å². The summed E-state index contributed by atoms with van der Waals surface area (Å²) in [6.07, 6.45) is 4.17.